The van der Waals surface area contributed by atoms with Gasteiger partial charge in [-0.25, -0.2) is 4.98 Å². The number of halogens is 1. The number of ether oxygens (including phenoxy) is 2. The minimum Gasteiger partial charge on any atom is -0.494 e. The Balaban J connectivity index is 2.08. The monoisotopic (exact) mass is 250 g/mol. The van der Waals surface area contributed by atoms with Crippen molar-refractivity contribution in [3.63, 3.8) is 0 Å². The Morgan fingerprint density at radius 3 is 2.47 bits per heavy atom. The highest BCUT2D eigenvalue weighted by Crippen LogP contribution is 2.22. The molecule has 1 aromatic heterocycles. The van der Waals surface area contributed by atoms with Gasteiger partial charge in [0.2, 0.25) is 11.2 Å². The summed E-state index contributed by atoms with van der Waals surface area (Å²) in [6.07, 6.45) is 1.54. The van der Waals surface area contributed by atoms with Gasteiger partial charge < -0.3 is 9.47 Å². The minimum absolute atomic E-state index is 0.161. The first-order valence-corrected chi connectivity index (χ1v) is 5.55. The molecule has 0 saturated heterocycles. The van der Waals surface area contributed by atoms with E-state index in [1.54, 1.807) is 24.4 Å². The molecule has 0 aliphatic carbocycles. The Morgan fingerprint density at radius 2 is 1.82 bits per heavy atom. The highest BCUT2D eigenvalue weighted by atomic mass is 35.5. The number of hydrogen-bond acceptors (Lipinski definition) is 4. The van der Waals surface area contributed by atoms with E-state index in [0.717, 1.165) is 5.75 Å². The van der Waals surface area contributed by atoms with Gasteiger partial charge in [0.1, 0.15) is 11.5 Å². The average molecular weight is 251 g/mol. The largest absolute Gasteiger partial charge is 0.494 e. The molecule has 88 valence electrons. The third-order valence-corrected chi connectivity index (χ3v) is 2.14. The number of hydrogen-bond donors (Lipinski definition) is 0. The van der Waals surface area contributed by atoms with E-state index in [0.29, 0.717) is 18.2 Å². The molecule has 0 atom stereocenters. The van der Waals surface area contributed by atoms with E-state index in [9.17, 15) is 0 Å². The Hall–Kier alpha value is -1.81. The summed E-state index contributed by atoms with van der Waals surface area (Å²) < 4.78 is 10.8. The SMILES string of the molecule is CCOc1ccc(Oc2ccnc(Cl)n2)cc1. The fraction of sp³-hybridized carbons (Fsp3) is 0.167. The molecule has 0 aliphatic rings. The van der Waals surface area contributed by atoms with Crippen molar-refractivity contribution >= 4 is 11.6 Å². The zero-order valence-corrected chi connectivity index (χ0v) is 10.0. The molecule has 1 aromatic carbocycles. The summed E-state index contributed by atoms with van der Waals surface area (Å²) in [5.41, 5.74) is 0. The Bertz CT molecular complexity index is 488. The summed E-state index contributed by atoms with van der Waals surface area (Å²) in [6, 6.07) is 8.92. The highest BCUT2D eigenvalue weighted by Gasteiger charge is 2.00. The maximum atomic E-state index is 5.66. The Morgan fingerprint density at radius 1 is 1.12 bits per heavy atom. The summed E-state index contributed by atoms with van der Waals surface area (Å²) in [7, 11) is 0. The van der Waals surface area contributed by atoms with Crippen molar-refractivity contribution < 1.29 is 9.47 Å². The van der Waals surface area contributed by atoms with Crippen LogP contribution in [0.1, 0.15) is 6.92 Å². The summed E-state index contributed by atoms with van der Waals surface area (Å²) in [6.45, 7) is 2.58. The Labute approximate surface area is 104 Å². The maximum absolute atomic E-state index is 5.66. The van der Waals surface area contributed by atoms with E-state index in [1.807, 2.05) is 19.1 Å². The van der Waals surface area contributed by atoms with Gasteiger partial charge >= 0.3 is 0 Å². The summed E-state index contributed by atoms with van der Waals surface area (Å²) in [4.78, 5) is 7.70. The van der Waals surface area contributed by atoms with Crippen molar-refractivity contribution in [2.45, 2.75) is 6.92 Å². The van der Waals surface area contributed by atoms with Crippen LogP contribution in [-0.4, -0.2) is 16.6 Å². The van der Waals surface area contributed by atoms with E-state index < -0.39 is 0 Å². The van der Waals surface area contributed by atoms with Crippen LogP contribution < -0.4 is 9.47 Å². The van der Waals surface area contributed by atoms with E-state index in [2.05, 4.69) is 9.97 Å². The normalized spacial score (nSPS) is 10.0. The van der Waals surface area contributed by atoms with Gasteiger partial charge in [-0.2, -0.15) is 4.98 Å². The van der Waals surface area contributed by atoms with E-state index in [-0.39, 0.29) is 5.28 Å². The predicted molar refractivity (Wildman–Crippen MR) is 64.7 cm³/mol. The van der Waals surface area contributed by atoms with Gasteiger partial charge in [-0.05, 0) is 42.8 Å². The second-order valence-electron chi connectivity index (χ2n) is 3.17. The summed E-state index contributed by atoms with van der Waals surface area (Å²) in [5.74, 6) is 1.89. The lowest BCUT2D eigenvalue weighted by atomic mass is 10.3. The smallest absolute Gasteiger partial charge is 0.225 e. The quantitative estimate of drug-likeness (QED) is 0.781. The number of benzene rings is 1. The first-order valence-electron chi connectivity index (χ1n) is 5.17. The van der Waals surface area contributed by atoms with Crippen molar-refractivity contribution in [1.82, 2.24) is 9.97 Å². The molecular weight excluding hydrogens is 240 g/mol. The molecule has 0 fully saturated rings. The molecule has 0 amide bonds. The third-order valence-electron chi connectivity index (χ3n) is 1.96. The van der Waals surface area contributed by atoms with Crippen LogP contribution in [0.5, 0.6) is 17.4 Å². The fourth-order valence-corrected chi connectivity index (χ4v) is 1.41. The summed E-state index contributed by atoms with van der Waals surface area (Å²) >= 11 is 5.66. The van der Waals surface area contributed by atoms with Crippen molar-refractivity contribution in [1.29, 1.82) is 0 Å². The third kappa shape index (κ3) is 3.32. The molecule has 0 unspecified atom stereocenters. The topological polar surface area (TPSA) is 44.2 Å². The molecule has 0 radical (unpaired) electrons. The lowest BCUT2D eigenvalue weighted by Crippen LogP contribution is -1.92. The fourth-order valence-electron chi connectivity index (χ4n) is 1.27. The van der Waals surface area contributed by atoms with Gasteiger partial charge in [-0.3, -0.25) is 0 Å². The maximum Gasteiger partial charge on any atom is 0.225 e. The van der Waals surface area contributed by atoms with Gasteiger partial charge in [0.25, 0.3) is 0 Å². The van der Waals surface area contributed by atoms with Gasteiger partial charge in [0.05, 0.1) is 6.61 Å². The molecule has 0 saturated carbocycles. The highest BCUT2D eigenvalue weighted by molar-refractivity contribution is 6.28. The zero-order chi connectivity index (χ0) is 12.1. The number of rotatable bonds is 4. The van der Waals surface area contributed by atoms with Crippen LogP contribution in [0.2, 0.25) is 5.28 Å². The number of aromatic nitrogens is 2. The van der Waals surface area contributed by atoms with E-state index in [1.165, 1.54) is 0 Å². The van der Waals surface area contributed by atoms with Crippen molar-refractivity contribution in [3.05, 3.63) is 41.8 Å². The van der Waals surface area contributed by atoms with Crippen LogP contribution in [0.3, 0.4) is 0 Å². The van der Waals surface area contributed by atoms with Gasteiger partial charge in [-0.15, -0.1) is 0 Å². The van der Waals surface area contributed by atoms with Gasteiger partial charge in [0.15, 0.2) is 0 Å². The molecule has 17 heavy (non-hydrogen) atoms. The van der Waals surface area contributed by atoms with Crippen molar-refractivity contribution in [3.8, 4) is 17.4 Å². The van der Waals surface area contributed by atoms with Crippen LogP contribution in [0, 0.1) is 0 Å². The molecule has 0 N–H and O–H groups in total. The first kappa shape index (κ1) is 11.7. The van der Waals surface area contributed by atoms with Crippen LogP contribution in [0.4, 0.5) is 0 Å². The minimum atomic E-state index is 0.161. The van der Waals surface area contributed by atoms with Crippen LogP contribution in [0.25, 0.3) is 0 Å². The molecule has 0 aliphatic heterocycles. The molecule has 5 heteroatoms. The van der Waals surface area contributed by atoms with E-state index in [4.69, 9.17) is 21.1 Å². The zero-order valence-electron chi connectivity index (χ0n) is 9.26. The molecule has 2 aromatic rings. The molecular formula is C12H11ClN2O2. The molecule has 0 bridgehead atoms. The van der Waals surface area contributed by atoms with Gasteiger partial charge in [0, 0.05) is 12.3 Å². The van der Waals surface area contributed by atoms with Crippen LogP contribution >= 0.6 is 11.6 Å². The second-order valence-corrected chi connectivity index (χ2v) is 3.51. The molecule has 2 rings (SSSR count). The Kier molecular flexibility index (Phi) is 3.77. The van der Waals surface area contributed by atoms with E-state index >= 15 is 0 Å². The van der Waals surface area contributed by atoms with Crippen LogP contribution in [0.15, 0.2) is 36.5 Å². The lowest BCUT2D eigenvalue weighted by Gasteiger charge is -2.06. The molecule has 0 spiro atoms. The second kappa shape index (κ2) is 5.50. The predicted octanol–water partition coefficient (Wildman–Crippen LogP) is 3.32. The molecule has 1 heterocycles. The van der Waals surface area contributed by atoms with Crippen molar-refractivity contribution in [2.75, 3.05) is 6.61 Å². The average Bonchev–Trinajstić information content (AvgIpc) is 2.32. The number of nitrogens with zero attached hydrogens (tertiary/aromatic N) is 2. The standard InChI is InChI=1S/C12H11ClN2O2/c1-2-16-9-3-5-10(6-4-9)17-11-7-8-14-12(13)15-11/h3-8H,2H2,1H3. The lowest BCUT2D eigenvalue weighted by molar-refractivity contribution is 0.339. The van der Waals surface area contributed by atoms with Crippen LogP contribution in [-0.2, 0) is 0 Å². The van der Waals surface area contributed by atoms with Gasteiger partial charge in [-0.1, -0.05) is 0 Å². The summed E-state index contributed by atoms with van der Waals surface area (Å²) in [5, 5.41) is 0.161. The molecule has 4 nitrogen and oxygen atoms in total. The first-order chi connectivity index (χ1) is 8.28. The van der Waals surface area contributed by atoms with Crippen molar-refractivity contribution in [2.24, 2.45) is 0 Å².